The standard InChI is InChI=1S/C30H34ClN3O4S/c1-23(30(36)32-21-25-7-3-2-4-8-25)34(22-26-9-14-27(31)15-10-26)29(35)18-13-24-11-16-28(17-12-24)39(37,38)33-19-5-6-20-33/h2-4,7-12,14-17,23H,5-6,13,18-22H2,1H3,(H,32,36)/t23-/m1/s1. The Kier molecular flexibility index (Phi) is 9.78. The lowest BCUT2D eigenvalue weighted by molar-refractivity contribution is -0.140. The number of hydrogen-bond donors (Lipinski definition) is 1. The first-order valence-corrected chi connectivity index (χ1v) is 15.0. The molecule has 206 valence electrons. The van der Waals surface area contributed by atoms with Gasteiger partial charge in [0.2, 0.25) is 21.8 Å². The number of nitrogens with zero attached hydrogens (tertiary/aromatic N) is 2. The number of sulfonamides is 1. The summed E-state index contributed by atoms with van der Waals surface area (Å²) in [5, 5.41) is 3.53. The van der Waals surface area contributed by atoms with E-state index in [4.69, 9.17) is 11.6 Å². The molecule has 1 saturated heterocycles. The summed E-state index contributed by atoms with van der Waals surface area (Å²) in [5.74, 6) is -0.404. The van der Waals surface area contributed by atoms with Gasteiger partial charge in [-0.1, -0.05) is 66.2 Å². The third-order valence-electron chi connectivity index (χ3n) is 7.00. The number of benzene rings is 3. The highest BCUT2D eigenvalue weighted by atomic mass is 35.5. The second-order valence-electron chi connectivity index (χ2n) is 9.78. The van der Waals surface area contributed by atoms with Crippen LogP contribution in [0, 0.1) is 0 Å². The van der Waals surface area contributed by atoms with Crippen LogP contribution in [0.3, 0.4) is 0 Å². The van der Waals surface area contributed by atoms with Gasteiger partial charge in [0.15, 0.2) is 0 Å². The largest absolute Gasteiger partial charge is 0.350 e. The fourth-order valence-electron chi connectivity index (χ4n) is 4.60. The maximum Gasteiger partial charge on any atom is 0.243 e. The topological polar surface area (TPSA) is 86.8 Å². The Morgan fingerprint density at radius 3 is 2.15 bits per heavy atom. The second kappa shape index (κ2) is 13.2. The summed E-state index contributed by atoms with van der Waals surface area (Å²) in [4.78, 5) is 28.3. The Hall–Kier alpha value is -3.20. The number of carbonyl (C=O) groups is 2. The second-order valence-corrected chi connectivity index (χ2v) is 12.2. The molecule has 1 N–H and O–H groups in total. The monoisotopic (exact) mass is 567 g/mol. The highest BCUT2D eigenvalue weighted by Gasteiger charge is 2.28. The van der Waals surface area contributed by atoms with Crippen molar-refractivity contribution in [3.05, 3.63) is 101 Å². The van der Waals surface area contributed by atoms with Crippen molar-refractivity contribution in [3.63, 3.8) is 0 Å². The molecule has 3 aromatic rings. The van der Waals surface area contributed by atoms with Crippen LogP contribution in [0.25, 0.3) is 0 Å². The third-order valence-corrected chi connectivity index (χ3v) is 9.16. The number of aryl methyl sites for hydroxylation is 1. The summed E-state index contributed by atoms with van der Waals surface area (Å²) >= 11 is 6.03. The number of amides is 2. The van der Waals surface area contributed by atoms with Gasteiger partial charge in [0.1, 0.15) is 6.04 Å². The molecule has 4 rings (SSSR count). The summed E-state index contributed by atoms with van der Waals surface area (Å²) in [6.45, 7) is 3.48. The van der Waals surface area contributed by atoms with Gasteiger partial charge in [-0.2, -0.15) is 4.31 Å². The predicted octanol–water partition coefficient (Wildman–Crippen LogP) is 4.79. The van der Waals surface area contributed by atoms with E-state index in [1.807, 2.05) is 42.5 Å². The summed E-state index contributed by atoms with van der Waals surface area (Å²) in [5.41, 5.74) is 2.70. The molecule has 0 saturated carbocycles. The van der Waals surface area contributed by atoms with Gasteiger partial charge < -0.3 is 10.2 Å². The van der Waals surface area contributed by atoms with Crippen molar-refractivity contribution in [3.8, 4) is 0 Å². The normalized spacial score (nSPS) is 14.6. The molecule has 39 heavy (non-hydrogen) atoms. The highest BCUT2D eigenvalue weighted by molar-refractivity contribution is 7.89. The molecule has 1 heterocycles. The van der Waals surface area contributed by atoms with E-state index in [2.05, 4.69) is 5.32 Å². The Morgan fingerprint density at radius 2 is 1.51 bits per heavy atom. The third kappa shape index (κ3) is 7.68. The van der Waals surface area contributed by atoms with Crippen LogP contribution in [0.2, 0.25) is 5.02 Å². The zero-order valence-corrected chi connectivity index (χ0v) is 23.6. The van der Waals surface area contributed by atoms with Gasteiger partial charge in [0.05, 0.1) is 4.90 Å². The molecule has 1 aliphatic rings. The van der Waals surface area contributed by atoms with Crippen molar-refractivity contribution in [2.24, 2.45) is 0 Å². The minimum absolute atomic E-state index is 0.166. The molecule has 1 fully saturated rings. The van der Waals surface area contributed by atoms with Gasteiger partial charge in [-0.25, -0.2) is 8.42 Å². The van der Waals surface area contributed by atoms with Crippen molar-refractivity contribution in [2.75, 3.05) is 13.1 Å². The molecule has 7 nitrogen and oxygen atoms in total. The number of hydrogen-bond acceptors (Lipinski definition) is 4. The Morgan fingerprint density at radius 1 is 0.897 bits per heavy atom. The van der Waals surface area contributed by atoms with E-state index < -0.39 is 16.1 Å². The molecule has 0 aromatic heterocycles. The minimum atomic E-state index is -3.48. The maximum atomic E-state index is 13.4. The summed E-state index contributed by atoms with van der Waals surface area (Å²) in [6, 6.07) is 22.9. The van der Waals surface area contributed by atoms with Crippen LogP contribution in [-0.2, 0) is 39.1 Å². The SMILES string of the molecule is C[C@H](C(=O)NCc1ccccc1)N(Cc1ccc(Cl)cc1)C(=O)CCc1ccc(S(=O)(=O)N2CCCC2)cc1. The maximum absolute atomic E-state index is 13.4. The van der Waals surface area contributed by atoms with Gasteiger partial charge in [-0.15, -0.1) is 0 Å². The zero-order valence-electron chi connectivity index (χ0n) is 22.1. The molecule has 9 heteroatoms. The van der Waals surface area contributed by atoms with Crippen molar-refractivity contribution in [1.29, 1.82) is 0 Å². The van der Waals surface area contributed by atoms with Gasteiger partial charge in [-0.05, 0) is 67.1 Å². The van der Waals surface area contributed by atoms with Crippen LogP contribution in [0.1, 0.15) is 42.9 Å². The van der Waals surface area contributed by atoms with Gasteiger partial charge in [-0.3, -0.25) is 9.59 Å². The summed E-state index contributed by atoms with van der Waals surface area (Å²) in [7, 11) is -3.48. The summed E-state index contributed by atoms with van der Waals surface area (Å²) in [6.07, 6.45) is 2.38. The lowest BCUT2D eigenvalue weighted by atomic mass is 10.1. The average Bonchev–Trinajstić information content (AvgIpc) is 3.51. The van der Waals surface area contributed by atoms with E-state index in [0.717, 1.165) is 29.5 Å². The van der Waals surface area contributed by atoms with Crippen molar-refractivity contribution >= 4 is 33.4 Å². The predicted molar refractivity (Wildman–Crippen MR) is 153 cm³/mol. The summed E-state index contributed by atoms with van der Waals surface area (Å²) < 4.78 is 27.1. The lowest BCUT2D eigenvalue weighted by Crippen LogP contribution is -2.47. The first-order chi connectivity index (χ1) is 18.7. The molecule has 2 amide bonds. The van der Waals surface area contributed by atoms with Crippen molar-refractivity contribution in [2.45, 2.75) is 56.6 Å². The molecular weight excluding hydrogens is 534 g/mol. The van der Waals surface area contributed by atoms with E-state index in [-0.39, 0.29) is 29.7 Å². The Bertz CT molecular complexity index is 1360. The number of carbonyl (C=O) groups excluding carboxylic acids is 2. The van der Waals surface area contributed by atoms with E-state index in [1.165, 1.54) is 4.31 Å². The first-order valence-electron chi connectivity index (χ1n) is 13.2. The van der Waals surface area contributed by atoms with Crippen LogP contribution in [-0.4, -0.2) is 48.6 Å². The average molecular weight is 568 g/mol. The molecule has 3 aromatic carbocycles. The quantitative estimate of drug-likeness (QED) is 0.361. The Balaban J connectivity index is 1.42. The van der Waals surface area contributed by atoms with E-state index in [9.17, 15) is 18.0 Å². The fraction of sp³-hybridized carbons (Fsp3) is 0.333. The van der Waals surface area contributed by atoms with Crippen LogP contribution in [0.15, 0.2) is 83.8 Å². The van der Waals surface area contributed by atoms with E-state index in [0.29, 0.717) is 31.1 Å². The van der Waals surface area contributed by atoms with Crippen LogP contribution >= 0.6 is 11.6 Å². The zero-order chi connectivity index (χ0) is 27.8. The van der Waals surface area contributed by atoms with E-state index >= 15 is 0 Å². The molecule has 1 atom stereocenters. The van der Waals surface area contributed by atoms with Gasteiger partial charge >= 0.3 is 0 Å². The number of halogens is 1. The van der Waals surface area contributed by atoms with Gasteiger partial charge in [0.25, 0.3) is 0 Å². The van der Waals surface area contributed by atoms with Crippen molar-refractivity contribution in [1.82, 2.24) is 14.5 Å². The number of rotatable bonds is 11. The van der Waals surface area contributed by atoms with Crippen LogP contribution in [0.5, 0.6) is 0 Å². The van der Waals surface area contributed by atoms with E-state index in [1.54, 1.807) is 48.2 Å². The molecule has 0 spiro atoms. The molecule has 1 aliphatic heterocycles. The smallest absolute Gasteiger partial charge is 0.243 e. The van der Waals surface area contributed by atoms with Crippen molar-refractivity contribution < 1.29 is 18.0 Å². The van der Waals surface area contributed by atoms with Crippen LogP contribution in [0.4, 0.5) is 0 Å². The highest BCUT2D eigenvalue weighted by Crippen LogP contribution is 2.22. The lowest BCUT2D eigenvalue weighted by Gasteiger charge is -2.29. The molecular formula is C30H34ClN3O4S. The molecule has 0 radical (unpaired) electrons. The molecule has 0 unspecified atom stereocenters. The molecule has 0 bridgehead atoms. The number of nitrogens with one attached hydrogen (secondary N) is 1. The first kappa shape index (κ1) is 28.8. The van der Waals surface area contributed by atoms with Crippen LogP contribution < -0.4 is 5.32 Å². The molecule has 0 aliphatic carbocycles. The fourth-order valence-corrected chi connectivity index (χ4v) is 6.25. The minimum Gasteiger partial charge on any atom is -0.350 e. The Labute approximate surface area is 235 Å². The van der Waals surface area contributed by atoms with Gasteiger partial charge in [0, 0.05) is 37.6 Å².